The van der Waals surface area contributed by atoms with Crippen LogP contribution >= 0.6 is 0 Å². The van der Waals surface area contributed by atoms with Crippen molar-refractivity contribution in [3.05, 3.63) is 76.2 Å². The van der Waals surface area contributed by atoms with Crippen LogP contribution in [-0.2, 0) is 45.6 Å². The van der Waals surface area contributed by atoms with Gasteiger partial charge in [-0.3, -0.25) is 48.3 Å². The number of rotatable bonds is 9. The highest BCUT2D eigenvalue weighted by molar-refractivity contribution is 6.25. The van der Waals surface area contributed by atoms with E-state index in [-0.39, 0.29) is 60.4 Å². The minimum absolute atomic E-state index is 0.0221. The highest BCUT2D eigenvalue weighted by Gasteiger charge is 2.46. The van der Waals surface area contributed by atoms with Gasteiger partial charge in [0.1, 0.15) is 6.04 Å². The number of imide groups is 2. The number of hydrogen-bond donors (Lipinski definition) is 2. The molecule has 2 fully saturated rings. The van der Waals surface area contributed by atoms with Crippen LogP contribution in [0.15, 0.2) is 42.7 Å². The number of aromatic nitrogens is 4. The van der Waals surface area contributed by atoms with Crippen LogP contribution in [0.3, 0.4) is 0 Å². The number of hydrogen-bond acceptors (Lipinski definition) is 10. The third-order valence-corrected chi connectivity index (χ3v) is 12.7. The lowest BCUT2D eigenvalue weighted by molar-refractivity contribution is -0.136. The lowest BCUT2D eigenvalue weighted by Crippen LogP contribution is -2.54. The molecule has 9 rings (SSSR count). The summed E-state index contributed by atoms with van der Waals surface area (Å²) < 4.78 is 33.0. The van der Waals surface area contributed by atoms with Crippen molar-refractivity contribution in [3.8, 4) is 11.1 Å². The van der Waals surface area contributed by atoms with E-state index in [0.717, 1.165) is 34.6 Å². The molecule has 2 saturated heterocycles. The summed E-state index contributed by atoms with van der Waals surface area (Å²) in [7, 11) is 1.76. The first-order valence-electron chi connectivity index (χ1n) is 20.8. The smallest absolute Gasteiger partial charge is 0.264 e. The number of benzene rings is 2. The van der Waals surface area contributed by atoms with Gasteiger partial charge >= 0.3 is 0 Å². The van der Waals surface area contributed by atoms with E-state index in [9.17, 15) is 37.5 Å². The Bertz CT molecular complexity index is 2490. The average Bonchev–Trinajstić information content (AvgIpc) is 3.93. The van der Waals surface area contributed by atoms with Crippen molar-refractivity contribution < 1.29 is 37.5 Å². The third kappa shape index (κ3) is 7.20. The number of fused-ring (bicyclic) bond motifs is 3. The summed E-state index contributed by atoms with van der Waals surface area (Å²) in [6.07, 6.45) is 4.23. The maximum Gasteiger partial charge on any atom is 0.264 e. The number of nitrogens with one attached hydrogen (secondary N) is 2. The first-order valence-corrected chi connectivity index (χ1v) is 20.8. The summed E-state index contributed by atoms with van der Waals surface area (Å²) in [6.45, 7) is 4.22. The van der Waals surface area contributed by atoms with Crippen molar-refractivity contribution in [3.63, 3.8) is 0 Å². The molecule has 1 unspecified atom stereocenters. The Hall–Kier alpha value is -6.46. The van der Waals surface area contributed by atoms with E-state index in [4.69, 9.17) is 5.10 Å². The minimum atomic E-state index is -2.71. The second-order valence-corrected chi connectivity index (χ2v) is 16.4. The van der Waals surface area contributed by atoms with E-state index < -0.39 is 36.1 Å². The van der Waals surface area contributed by atoms with Gasteiger partial charge in [-0.15, -0.1) is 0 Å². The summed E-state index contributed by atoms with van der Waals surface area (Å²) in [4.78, 5) is 83.6. The monoisotopic (exact) mass is 836 g/mol. The van der Waals surface area contributed by atoms with Crippen LogP contribution in [0.1, 0.15) is 101 Å². The Morgan fingerprint density at radius 1 is 0.951 bits per heavy atom. The number of amides is 6. The number of alkyl halides is 2. The number of nitrogens with zero attached hydrogens (tertiary/aromatic N) is 8. The topological polar surface area (TPSA) is 175 Å². The fourth-order valence-electron chi connectivity index (χ4n) is 9.56. The molecular formula is C43H46F2N10O6. The molecule has 2 aromatic carbocycles. The number of anilines is 3. The minimum Gasteiger partial charge on any atom is -0.384 e. The number of carbonyl (C=O) groups is 6. The molecule has 16 nitrogen and oxygen atoms in total. The van der Waals surface area contributed by atoms with Crippen LogP contribution in [0.5, 0.6) is 0 Å². The van der Waals surface area contributed by atoms with Crippen molar-refractivity contribution in [2.45, 2.75) is 83.3 Å². The summed E-state index contributed by atoms with van der Waals surface area (Å²) >= 11 is 0. The second kappa shape index (κ2) is 15.9. The molecule has 5 aliphatic rings. The highest BCUT2D eigenvalue weighted by Crippen LogP contribution is 2.44. The standard InChI is InChI=1S/C43H46F2N10O6/c1-24(56)52-18-13-33-31(23-52)40(53-15-4-5-25-19-29(26-21-47-50(2)22-26)30(39(44)45)20-35(25)53)49-55(33)27-11-16-51(17-12-27)37(58)10-14-46-32-7-3-6-28-38(32)43(61)54(42(28)60)34-8-9-36(57)48-41(34)59/h3,6-7,19-22,27,34,39,46H,4-5,8-18,23H2,1-2H3,(H,48,57,59). The highest BCUT2D eigenvalue weighted by atomic mass is 19.3. The van der Waals surface area contributed by atoms with Gasteiger partial charge in [-0.25, -0.2) is 8.78 Å². The Morgan fingerprint density at radius 3 is 2.48 bits per heavy atom. The molecule has 1 atom stereocenters. The molecule has 18 heteroatoms. The van der Waals surface area contributed by atoms with Crippen molar-refractivity contribution >= 4 is 52.6 Å². The summed E-state index contributed by atoms with van der Waals surface area (Å²) in [6, 6.07) is 7.16. The molecule has 61 heavy (non-hydrogen) atoms. The molecule has 0 radical (unpaired) electrons. The number of halogens is 2. The first kappa shape index (κ1) is 40.0. The maximum atomic E-state index is 14.7. The molecule has 5 aliphatic heterocycles. The van der Waals surface area contributed by atoms with Crippen molar-refractivity contribution in [1.82, 2.24) is 39.6 Å². The molecule has 6 amide bonds. The number of carbonyl (C=O) groups excluding carboxylic acids is 6. The van der Waals surface area contributed by atoms with Gasteiger partial charge in [0.2, 0.25) is 23.6 Å². The van der Waals surface area contributed by atoms with E-state index >= 15 is 0 Å². The van der Waals surface area contributed by atoms with Crippen molar-refractivity contribution in [2.24, 2.45) is 7.05 Å². The van der Waals surface area contributed by atoms with Gasteiger partial charge in [-0.05, 0) is 67.5 Å². The Kier molecular flexibility index (Phi) is 10.4. The van der Waals surface area contributed by atoms with Gasteiger partial charge in [0.15, 0.2) is 5.82 Å². The molecular weight excluding hydrogens is 791 g/mol. The SMILES string of the molecule is CC(=O)N1CCc2c(c(N3CCCc4cc(-c5cnn(C)c5)c(C(F)F)cc43)nn2C2CCN(C(=O)CCNc3cccc4c3C(=O)N(C3CCC(=O)NC3=O)C4=O)CC2)C1. The summed E-state index contributed by atoms with van der Waals surface area (Å²) in [5.74, 6) is -1.80. The normalized spacial score (nSPS) is 19.3. The Balaban J connectivity index is 0.892. The van der Waals surface area contributed by atoms with Crippen LogP contribution in [0.25, 0.3) is 11.1 Å². The van der Waals surface area contributed by atoms with Crippen molar-refractivity contribution in [1.29, 1.82) is 0 Å². The molecule has 2 aromatic heterocycles. The van der Waals surface area contributed by atoms with Crippen LogP contribution in [-0.4, -0.2) is 108 Å². The van der Waals surface area contributed by atoms with E-state index in [1.54, 1.807) is 54.1 Å². The Morgan fingerprint density at radius 2 is 1.75 bits per heavy atom. The zero-order chi connectivity index (χ0) is 42.7. The number of piperidine rings is 2. The predicted octanol–water partition coefficient (Wildman–Crippen LogP) is 4.28. The number of likely N-dealkylation sites (tertiary alicyclic amines) is 1. The van der Waals surface area contributed by atoms with Gasteiger partial charge in [0.05, 0.1) is 29.9 Å². The second-order valence-electron chi connectivity index (χ2n) is 16.4. The molecule has 0 spiro atoms. The van der Waals surface area contributed by atoms with Gasteiger partial charge in [0, 0.05) is 106 Å². The first-order chi connectivity index (χ1) is 29.4. The summed E-state index contributed by atoms with van der Waals surface area (Å²) in [5, 5.41) is 14.8. The predicted molar refractivity (Wildman–Crippen MR) is 217 cm³/mol. The van der Waals surface area contributed by atoms with E-state index in [2.05, 4.69) is 20.4 Å². The van der Waals surface area contributed by atoms with Crippen LogP contribution < -0.4 is 15.5 Å². The molecule has 7 heterocycles. The lowest BCUT2D eigenvalue weighted by atomic mass is 9.92. The average molecular weight is 837 g/mol. The third-order valence-electron chi connectivity index (χ3n) is 12.7. The van der Waals surface area contributed by atoms with Gasteiger partial charge < -0.3 is 20.0 Å². The van der Waals surface area contributed by atoms with E-state index in [0.29, 0.717) is 80.3 Å². The molecule has 0 saturated carbocycles. The fourth-order valence-corrected chi connectivity index (χ4v) is 9.56. The molecule has 4 aromatic rings. The van der Waals surface area contributed by atoms with Gasteiger partial charge in [-0.1, -0.05) is 6.07 Å². The largest absolute Gasteiger partial charge is 0.384 e. The number of aryl methyl sites for hydroxylation is 2. The van der Waals surface area contributed by atoms with Crippen LogP contribution in [0.2, 0.25) is 0 Å². The van der Waals surface area contributed by atoms with Gasteiger partial charge in [0.25, 0.3) is 18.2 Å². The lowest BCUT2D eigenvalue weighted by Gasteiger charge is -2.34. The van der Waals surface area contributed by atoms with Crippen LogP contribution in [0.4, 0.5) is 26.0 Å². The van der Waals surface area contributed by atoms with Crippen LogP contribution in [0, 0.1) is 0 Å². The van der Waals surface area contributed by atoms with Crippen molar-refractivity contribution in [2.75, 3.05) is 42.9 Å². The van der Waals surface area contributed by atoms with Gasteiger partial charge in [-0.2, -0.15) is 10.2 Å². The zero-order valence-electron chi connectivity index (χ0n) is 34.0. The molecule has 318 valence electrons. The maximum absolute atomic E-state index is 14.7. The quantitative estimate of drug-likeness (QED) is 0.232. The zero-order valence-corrected chi connectivity index (χ0v) is 34.0. The van der Waals surface area contributed by atoms with E-state index in [1.165, 1.54) is 6.07 Å². The van der Waals surface area contributed by atoms with E-state index in [1.807, 2.05) is 15.9 Å². The molecule has 0 aliphatic carbocycles. The molecule has 2 N–H and O–H groups in total. The Labute approximate surface area is 349 Å². The summed E-state index contributed by atoms with van der Waals surface area (Å²) in [5.41, 5.74) is 5.28. The fraction of sp³-hybridized carbons (Fsp3) is 0.442. The molecule has 0 bridgehead atoms.